The fourth-order valence-corrected chi connectivity index (χ4v) is 1.29. The Bertz CT molecular complexity index is 350. The maximum Gasteiger partial charge on any atom is 0.435 e. The molecule has 3 nitrogen and oxygen atoms in total. The topological polar surface area (TPSA) is 41.0 Å². The summed E-state index contributed by atoms with van der Waals surface area (Å²) in [7, 11) is 0. The Morgan fingerprint density at radius 2 is 2.15 bits per heavy atom. The highest BCUT2D eigenvalue weighted by molar-refractivity contribution is 6.04. The zero-order chi connectivity index (χ0) is 9.47. The number of aromatic amines is 1. The van der Waals surface area contributed by atoms with Gasteiger partial charge in [0.2, 0.25) is 0 Å². The summed E-state index contributed by atoms with van der Waals surface area (Å²) in [5.41, 5.74) is -0.406. The van der Waals surface area contributed by atoms with E-state index in [1.165, 1.54) is 6.33 Å². The van der Waals surface area contributed by atoms with Gasteiger partial charge in [0.05, 0.1) is 6.33 Å². The molecule has 0 aliphatic carbocycles. The first kappa shape index (κ1) is 8.28. The molecule has 2 heterocycles. The first-order valence-electron chi connectivity index (χ1n) is 3.73. The minimum absolute atomic E-state index is 0.0567. The van der Waals surface area contributed by atoms with Crippen LogP contribution in [0.4, 0.5) is 13.2 Å². The van der Waals surface area contributed by atoms with Gasteiger partial charge in [0, 0.05) is 18.7 Å². The van der Waals surface area contributed by atoms with Gasteiger partial charge >= 0.3 is 6.18 Å². The Morgan fingerprint density at radius 3 is 2.85 bits per heavy atom. The highest BCUT2D eigenvalue weighted by Gasteiger charge is 2.40. The summed E-state index contributed by atoms with van der Waals surface area (Å²) in [6, 6.07) is 0. The van der Waals surface area contributed by atoms with Gasteiger partial charge in [-0.15, -0.1) is 0 Å². The van der Waals surface area contributed by atoms with Gasteiger partial charge in [0.15, 0.2) is 5.71 Å². The number of alkyl halides is 3. The number of halogens is 3. The highest BCUT2D eigenvalue weighted by Crippen LogP contribution is 2.25. The van der Waals surface area contributed by atoms with Gasteiger partial charge < -0.3 is 4.98 Å². The number of hydrogen-bond acceptors (Lipinski definition) is 2. The number of rotatable bonds is 0. The average molecular weight is 189 g/mol. The monoisotopic (exact) mass is 189 g/mol. The summed E-state index contributed by atoms with van der Waals surface area (Å²) in [4.78, 5) is 9.69. The Kier molecular flexibility index (Phi) is 1.64. The summed E-state index contributed by atoms with van der Waals surface area (Å²) in [5, 5.41) is 0. The van der Waals surface area contributed by atoms with Crippen LogP contribution in [0.15, 0.2) is 11.3 Å². The molecule has 0 amide bonds. The predicted octanol–water partition coefficient (Wildman–Crippen LogP) is 1.32. The molecule has 0 saturated heterocycles. The van der Waals surface area contributed by atoms with E-state index in [0.717, 1.165) is 0 Å². The van der Waals surface area contributed by atoms with Crippen molar-refractivity contribution in [3.8, 4) is 0 Å². The summed E-state index contributed by atoms with van der Waals surface area (Å²) in [5.74, 6) is 0. The van der Waals surface area contributed by atoms with Gasteiger partial charge in [-0.3, -0.25) is 4.99 Å². The third-order valence-electron chi connectivity index (χ3n) is 1.84. The van der Waals surface area contributed by atoms with Crippen molar-refractivity contribution in [2.45, 2.75) is 12.6 Å². The van der Waals surface area contributed by atoms with Crippen molar-refractivity contribution < 1.29 is 13.2 Å². The fraction of sp³-hybridized carbons (Fsp3) is 0.429. The molecule has 1 aliphatic rings. The van der Waals surface area contributed by atoms with Crippen LogP contribution in [-0.2, 0) is 6.42 Å². The van der Waals surface area contributed by atoms with Crippen molar-refractivity contribution in [1.29, 1.82) is 0 Å². The summed E-state index contributed by atoms with van der Waals surface area (Å²) < 4.78 is 36.9. The second-order valence-electron chi connectivity index (χ2n) is 2.71. The molecule has 1 aromatic heterocycles. The van der Waals surface area contributed by atoms with E-state index < -0.39 is 11.9 Å². The van der Waals surface area contributed by atoms with E-state index in [2.05, 4.69) is 15.0 Å². The van der Waals surface area contributed by atoms with E-state index in [1.807, 2.05) is 0 Å². The lowest BCUT2D eigenvalue weighted by Gasteiger charge is -2.13. The molecule has 1 N–H and O–H groups in total. The van der Waals surface area contributed by atoms with Crippen molar-refractivity contribution in [1.82, 2.24) is 9.97 Å². The minimum Gasteiger partial charge on any atom is -0.348 e. The van der Waals surface area contributed by atoms with E-state index in [-0.39, 0.29) is 12.2 Å². The Balaban J connectivity index is 2.47. The number of H-pyrrole nitrogens is 1. The van der Waals surface area contributed by atoms with Gasteiger partial charge in [-0.05, 0) is 0 Å². The van der Waals surface area contributed by atoms with E-state index in [0.29, 0.717) is 12.1 Å². The van der Waals surface area contributed by atoms with E-state index in [1.54, 1.807) is 0 Å². The van der Waals surface area contributed by atoms with Crippen LogP contribution in [0.2, 0.25) is 0 Å². The molecular weight excluding hydrogens is 183 g/mol. The molecule has 13 heavy (non-hydrogen) atoms. The van der Waals surface area contributed by atoms with Gasteiger partial charge in [-0.25, -0.2) is 4.98 Å². The van der Waals surface area contributed by atoms with Crippen molar-refractivity contribution in [3.05, 3.63) is 17.7 Å². The largest absolute Gasteiger partial charge is 0.435 e. The maximum absolute atomic E-state index is 12.3. The molecule has 0 saturated carbocycles. The van der Waals surface area contributed by atoms with Crippen molar-refractivity contribution in [3.63, 3.8) is 0 Å². The Labute approximate surface area is 71.7 Å². The third-order valence-corrected chi connectivity index (χ3v) is 1.84. The molecule has 0 fully saturated rings. The molecule has 0 unspecified atom stereocenters. The van der Waals surface area contributed by atoms with Gasteiger partial charge in [-0.2, -0.15) is 13.2 Å². The van der Waals surface area contributed by atoms with Gasteiger partial charge in [0.25, 0.3) is 0 Å². The van der Waals surface area contributed by atoms with E-state index in [4.69, 9.17) is 0 Å². The van der Waals surface area contributed by atoms with E-state index >= 15 is 0 Å². The first-order valence-corrected chi connectivity index (χ1v) is 3.73. The number of nitrogens with one attached hydrogen (secondary N) is 1. The summed E-state index contributed by atoms with van der Waals surface area (Å²) >= 11 is 0. The quantitative estimate of drug-likeness (QED) is 0.656. The maximum atomic E-state index is 12.3. The number of imidazole rings is 1. The van der Waals surface area contributed by atoms with Crippen molar-refractivity contribution >= 4 is 5.71 Å². The number of aliphatic imine (C=N–C) groups is 1. The van der Waals surface area contributed by atoms with Crippen molar-refractivity contribution in [2.75, 3.05) is 6.54 Å². The van der Waals surface area contributed by atoms with Crippen LogP contribution in [0.1, 0.15) is 11.4 Å². The van der Waals surface area contributed by atoms with Crippen LogP contribution < -0.4 is 0 Å². The molecule has 6 heteroatoms. The van der Waals surface area contributed by atoms with Crippen LogP contribution >= 0.6 is 0 Å². The fourth-order valence-electron chi connectivity index (χ4n) is 1.29. The molecule has 0 radical (unpaired) electrons. The molecular formula is C7H6F3N3. The van der Waals surface area contributed by atoms with Gasteiger partial charge in [0.1, 0.15) is 5.69 Å². The summed E-state index contributed by atoms with van der Waals surface area (Å²) in [6.07, 6.45) is -2.64. The van der Waals surface area contributed by atoms with Gasteiger partial charge in [-0.1, -0.05) is 0 Å². The standard InChI is InChI=1S/C7H6F3N3/c8-7(9,10)6-5-4(1-2-11-6)12-3-13-5/h3H,1-2H2,(H,12,13). The Morgan fingerprint density at radius 1 is 1.38 bits per heavy atom. The molecule has 0 atom stereocenters. The number of fused-ring (bicyclic) bond motifs is 1. The zero-order valence-corrected chi connectivity index (χ0v) is 6.52. The Hall–Kier alpha value is -1.33. The lowest BCUT2D eigenvalue weighted by molar-refractivity contribution is -0.0586. The molecule has 0 aromatic carbocycles. The molecule has 1 aromatic rings. The third kappa shape index (κ3) is 1.32. The second-order valence-corrected chi connectivity index (χ2v) is 2.71. The summed E-state index contributed by atoms with van der Waals surface area (Å²) in [6.45, 7) is 0.171. The smallest absolute Gasteiger partial charge is 0.348 e. The van der Waals surface area contributed by atoms with Crippen LogP contribution in [0.25, 0.3) is 0 Å². The number of hydrogen-bond donors (Lipinski definition) is 1. The van der Waals surface area contributed by atoms with Crippen molar-refractivity contribution in [2.24, 2.45) is 4.99 Å². The first-order chi connectivity index (χ1) is 6.09. The molecule has 70 valence electrons. The van der Waals surface area contributed by atoms with E-state index in [9.17, 15) is 13.2 Å². The molecule has 1 aliphatic heterocycles. The lowest BCUT2D eigenvalue weighted by atomic mass is 10.1. The number of aromatic nitrogens is 2. The minimum atomic E-state index is -4.40. The molecule has 2 rings (SSSR count). The lowest BCUT2D eigenvalue weighted by Crippen LogP contribution is -2.28. The van der Waals surface area contributed by atoms with Crippen LogP contribution in [-0.4, -0.2) is 28.4 Å². The number of nitrogens with zero attached hydrogens (tertiary/aromatic N) is 2. The zero-order valence-electron chi connectivity index (χ0n) is 6.52. The van der Waals surface area contributed by atoms with Crippen LogP contribution in [0.5, 0.6) is 0 Å². The molecule has 0 bridgehead atoms. The highest BCUT2D eigenvalue weighted by atomic mass is 19.4. The molecule has 0 spiro atoms. The normalized spacial score (nSPS) is 16.7. The second kappa shape index (κ2) is 2.58. The van der Waals surface area contributed by atoms with Crippen LogP contribution in [0, 0.1) is 0 Å². The predicted molar refractivity (Wildman–Crippen MR) is 39.8 cm³/mol. The van der Waals surface area contributed by atoms with Crippen LogP contribution in [0.3, 0.4) is 0 Å². The average Bonchev–Trinajstić information content (AvgIpc) is 2.48. The SMILES string of the molecule is FC(F)(F)C1=NCCc2[nH]cnc21.